The number of nitrogens with zero attached hydrogens (tertiary/aromatic N) is 1. The molecule has 2 unspecified atom stereocenters. The molecule has 0 heterocycles. The number of hydrogen-bond acceptors (Lipinski definition) is 7. The van der Waals surface area contributed by atoms with E-state index in [2.05, 4.69) is 13.8 Å². The van der Waals surface area contributed by atoms with Crippen molar-refractivity contribution in [3.8, 4) is 0 Å². The maximum absolute atomic E-state index is 12.6. The number of rotatable bonds is 35. The van der Waals surface area contributed by atoms with E-state index in [4.69, 9.17) is 14.2 Å². The number of carboxylic acid groups (broad SMARTS) is 1. The fourth-order valence-electron chi connectivity index (χ4n) is 5.89. The van der Waals surface area contributed by atoms with Gasteiger partial charge < -0.3 is 28.6 Å². The Hall–Kier alpha value is -1.67. The predicted molar refractivity (Wildman–Crippen MR) is 190 cm³/mol. The van der Waals surface area contributed by atoms with E-state index in [1.807, 2.05) is 0 Å². The van der Waals surface area contributed by atoms with Gasteiger partial charge in [0.2, 0.25) is 0 Å². The Labute approximate surface area is 289 Å². The lowest BCUT2D eigenvalue weighted by atomic mass is 10.0. The summed E-state index contributed by atoms with van der Waals surface area (Å²) in [6.45, 7) is 4.65. The van der Waals surface area contributed by atoms with Crippen molar-refractivity contribution in [2.45, 2.75) is 193 Å². The molecular weight excluding hydrogens is 594 g/mol. The van der Waals surface area contributed by atoms with Crippen molar-refractivity contribution in [1.82, 2.24) is 0 Å². The van der Waals surface area contributed by atoms with Crippen LogP contribution in [0.4, 0.5) is 0 Å². The van der Waals surface area contributed by atoms with Gasteiger partial charge in [0.25, 0.3) is 0 Å². The number of esters is 2. The summed E-state index contributed by atoms with van der Waals surface area (Å²) in [5.41, 5.74) is 0. The Morgan fingerprint density at radius 3 is 1.32 bits per heavy atom. The van der Waals surface area contributed by atoms with E-state index in [1.165, 1.54) is 109 Å². The van der Waals surface area contributed by atoms with Crippen LogP contribution in [0.1, 0.15) is 181 Å². The summed E-state index contributed by atoms with van der Waals surface area (Å²) in [4.78, 5) is 36.6. The first-order valence-corrected chi connectivity index (χ1v) is 19.6. The van der Waals surface area contributed by atoms with Crippen molar-refractivity contribution in [1.29, 1.82) is 0 Å². The Morgan fingerprint density at radius 2 is 0.936 bits per heavy atom. The van der Waals surface area contributed by atoms with Crippen LogP contribution in [0.25, 0.3) is 0 Å². The molecule has 0 saturated carbocycles. The third kappa shape index (κ3) is 30.1. The van der Waals surface area contributed by atoms with E-state index in [1.54, 1.807) is 21.1 Å². The third-order valence-corrected chi connectivity index (χ3v) is 8.99. The van der Waals surface area contributed by atoms with E-state index < -0.39 is 18.1 Å². The van der Waals surface area contributed by atoms with Crippen LogP contribution in [0.3, 0.4) is 0 Å². The van der Waals surface area contributed by atoms with E-state index in [0.717, 1.165) is 38.5 Å². The maximum Gasteiger partial charge on any atom is 0.306 e. The highest BCUT2D eigenvalue weighted by molar-refractivity contribution is 5.70. The lowest BCUT2D eigenvalue weighted by molar-refractivity contribution is -0.889. The summed E-state index contributed by atoms with van der Waals surface area (Å²) in [7, 11) is 5.40. The minimum atomic E-state index is -1.12. The average molecular weight is 670 g/mol. The van der Waals surface area contributed by atoms with E-state index in [9.17, 15) is 19.5 Å². The summed E-state index contributed by atoms with van der Waals surface area (Å²) >= 11 is 0. The molecule has 2 atom stereocenters. The fourth-order valence-corrected chi connectivity index (χ4v) is 5.89. The number of unbranched alkanes of at least 4 members (excludes halogenated alkanes) is 21. The zero-order valence-electron chi connectivity index (χ0n) is 31.5. The average Bonchev–Trinajstić information content (AvgIpc) is 3.01. The number of hydrogen-bond donors (Lipinski definition) is 0. The van der Waals surface area contributed by atoms with Crippen molar-refractivity contribution < 1.29 is 38.2 Å². The summed E-state index contributed by atoms with van der Waals surface area (Å²) in [6, 6.07) is -0.717. The van der Waals surface area contributed by atoms with E-state index in [-0.39, 0.29) is 42.7 Å². The molecule has 0 radical (unpaired) electrons. The topological polar surface area (TPSA) is 102 Å². The molecule has 47 heavy (non-hydrogen) atoms. The molecule has 0 aromatic carbocycles. The Morgan fingerprint density at radius 1 is 0.553 bits per heavy atom. The van der Waals surface area contributed by atoms with Gasteiger partial charge in [-0.05, 0) is 12.8 Å². The Kier molecular flexibility index (Phi) is 30.5. The monoisotopic (exact) mass is 670 g/mol. The number of carboxylic acids is 1. The second-order valence-electron chi connectivity index (χ2n) is 14.5. The van der Waals surface area contributed by atoms with Gasteiger partial charge in [-0.15, -0.1) is 0 Å². The highest BCUT2D eigenvalue weighted by Gasteiger charge is 2.25. The largest absolute Gasteiger partial charge is 0.544 e. The minimum absolute atomic E-state index is 0.0483. The molecule has 0 aliphatic heterocycles. The van der Waals surface area contributed by atoms with Crippen LogP contribution in [0.2, 0.25) is 0 Å². The quantitative estimate of drug-likeness (QED) is 0.0379. The molecule has 0 aromatic rings. The first kappa shape index (κ1) is 45.3. The molecule has 0 aliphatic rings. The van der Waals surface area contributed by atoms with Crippen molar-refractivity contribution in [3.05, 3.63) is 0 Å². The molecule has 8 heteroatoms. The number of quaternary nitrogens is 1. The molecule has 0 bridgehead atoms. The first-order valence-electron chi connectivity index (χ1n) is 19.6. The molecule has 0 spiro atoms. The van der Waals surface area contributed by atoms with Crippen molar-refractivity contribution in [3.63, 3.8) is 0 Å². The number of ether oxygens (including phenoxy) is 3. The second kappa shape index (κ2) is 31.6. The summed E-state index contributed by atoms with van der Waals surface area (Å²) < 4.78 is 17.1. The van der Waals surface area contributed by atoms with Gasteiger partial charge in [-0.2, -0.15) is 0 Å². The van der Waals surface area contributed by atoms with Crippen molar-refractivity contribution >= 4 is 17.9 Å². The highest BCUT2D eigenvalue weighted by Crippen LogP contribution is 2.15. The van der Waals surface area contributed by atoms with E-state index >= 15 is 0 Å². The van der Waals surface area contributed by atoms with Gasteiger partial charge in [-0.25, -0.2) is 0 Å². The van der Waals surface area contributed by atoms with Gasteiger partial charge in [0.1, 0.15) is 12.6 Å². The molecule has 0 amide bonds. The predicted octanol–water partition coefficient (Wildman–Crippen LogP) is 8.47. The lowest BCUT2D eigenvalue weighted by Crippen LogP contribution is -2.55. The van der Waals surface area contributed by atoms with Gasteiger partial charge in [-0.1, -0.05) is 149 Å². The van der Waals surface area contributed by atoms with Crippen molar-refractivity contribution in [2.24, 2.45) is 0 Å². The molecular formula is C39H75NO7. The minimum Gasteiger partial charge on any atom is -0.544 e. The van der Waals surface area contributed by atoms with Crippen LogP contribution in [0.15, 0.2) is 0 Å². The Balaban J connectivity index is 4.36. The molecule has 0 fully saturated rings. The first-order chi connectivity index (χ1) is 22.6. The zero-order chi connectivity index (χ0) is 35.0. The second-order valence-corrected chi connectivity index (χ2v) is 14.5. The number of carbonyl (C=O) groups excluding carboxylic acids is 3. The van der Waals surface area contributed by atoms with Crippen LogP contribution in [-0.4, -0.2) is 75.5 Å². The molecule has 0 N–H and O–H groups in total. The van der Waals surface area contributed by atoms with Gasteiger partial charge in [-0.3, -0.25) is 9.59 Å². The smallest absolute Gasteiger partial charge is 0.306 e. The van der Waals surface area contributed by atoms with Crippen LogP contribution >= 0.6 is 0 Å². The molecule has 278 valence electrons. The standard InChI is InChI=1S/C39H75NO7/c1-6-8-10-12-14-16-17-18-19-20-22-24-26-28-30-38(42)47-35(33-45-32-31-36(39(43)44)40(3,4)5)34-46-37(41)29-27-25-23-21-15-13-11-9-7-2/h35-36H,6-34H2,1-5H3. The van der Waals surface area contributed by atoms with Crippen LogP contribution < -0.4 is 5.11 Å². The molecule has 0 aliphatic carbocycles. The maximum atomic E-state index is 12.6. The van der Waals surface area contributed by atoms with Gasteiger partial charge in [0.15, 0.2) is 6.10 Å². The molecule has 8 nitrogen and oxygen atoms in total. The van der Waals surface area contributed by atoms with E-state index in [0.29, 0.717) is 12.8 Å². The normalized spacial score (nSPS) is 13.0. The van der Waals surface area contributed by atoms with Crippen LogP contribution in [0.5, 0.6) is 0 Å². The lowest BCUT2D eigenvalue weighted by Gasteiger charge is -2.34. The SMILES string of the molecule is CCCCCCCCCCCCCCCCC(=O)OC(COCCC(C(=O)[O-])[N+](C)(C)C)COC(=O)CCCCCCCCCCC. The highest BCUT2D eigenvalue weighted by atomic mass is 16.6. The summed E-state index contributed by atoms with van der Waals surface area (Å²) in [5.74, 6) is -1.72. The van der Waals surface area contributed by atoms with Crippen LogP contribution in [0, 0.1) is 0 Å². The Bertz CT molecular complexity index is 752. The number of carbonyl (C=O) groups is 3. The summed E-state index contributed by atoms with van der Waals surface area (Å²) in [5, 5.41) is 11.6. The molecule has 0 rings (SSSR count). The van der Waals surface area contributed by atoms with Gasteiger partial charge in [0.05, 0.1) is 40.3 Å². The van der Waals surface area contributed by atoms with Gasteiger partial charge in [0, 0.05) is 19.3 Å². The third-order valence-electron chi connectivity index (χ3n) is 8.99. The summed E-state index contributed by atoms with van der Waals surface area (Å²) in [6.07, 6.45) is 28.3. The number of aliphatic carboxylic acids is 1. The number of likely N-dealkylation sites (N-methyl/N-ethyl adjacent to an activating group) is 1. The molecule has 0 aromatic heterocycles. The van der Waals surface area contributed by atoms with Crippen molar-refractivity contribution in [2.75, 3.05) is 41.0 Å². The van der Waals surface area contributed by atoms with Crippen LogP contribution in [-0.2, 0) is 28.6 Å². The zero-order valence-corrected chi connectivity index (χ0v) is 31.5. The molecule has 0 saturated heterocycles. The fraction of sp³-hybridized carbons (Fsp3) is 0.923. The van der Waals surface area contributed by atoms with Gasteiger partial charge >= 0.3 is 11.9 Å².